The molecule has 0 spiro atoms. The van der Waals surface area contributed by atoms with Gasteiger partial charge in [-0.1, -0.05) is 25.7 Å². The van der Waals surface area contributed by atoms with E-state index in [1.54, 1.807) is 0 Å². The molecule has 0 fully saturated rings. The molecule has 120 valence electrons. The SMILES string of the molecule is CCOC(c1nc2ccc(-c3ccncc3)cc2[nH]1)[Si](C)(C)C. The molecule has 1 atom stereocenters. The van der Waals surface area contributed by atoms with Gasteiger partial charge in [-0.2, -0.15) is 0 Å². The van der Waals surface area contributed by atoms with Crippen molar-refractivity contribution in [3.05, 3.63) is 48.5 Å². The van der Waals surface area contributed by atoms with E-state index in [0.717, 1.165) is 28.0 Å². The Balaban J connectivity index is 2.02. The third kappa shape index (κ3) is 3.35. The highest BCUT2D eigenvalue weighted by Gasteiger charge is 2.31. The first-order chi connectivity index (χ1) is 11.0. The summed E-state index contributed by atoms with van der Waals surface area (Å²) in [7, 11) is -1.51. The molecule has 3 aromatic rings. The molecule has 0 aliphatic heterocycles. The van der Waals surface area contributed by atoms with Crippen LogP contribution in [-0.4, -0.2) is 29.6 Å². The van der Waals surface area contributed by atoms with Crippen LogP contribution in [0, 0.1) is 0 Å². The van der Waals surface area contributed by atoms with E-state index >= 15 is 0 Å². The lowest BCUT2D eigenvalue weighted by molar-refractivity contribution is 0.107. The van der Waals surface area contributed by atoms with Crippen LogP contribution in [0.15, 0.2) is 42.7 Å². The van der Waals surface area contributed by atoms with Crippen molar-refractivity contribution in [2.24, 2.45) is 0 Å². The van der Waals surface area contributed by atoms with Crippen LogP contribution in [0.2, 0.25) is 19.6 Å². The molecule has 0 amide bonds. The minimum Gasteiger partial charge on any atom is -0.374 e. The number of H-pyrrole nitrogens is 1. The molecule has 3 rings (SSSR count). The molecule has 0 aliphatic carbocycles. The highest BCUT2D eigenvalue weighted by atomic mass is 28.3. The van der Waals surface area contributed by atoms with E-state index in [9.17, 15) is 0 Å². The van der Waals surface area contributed by atoms with Crippen LogP contribution in [-0.2, 0) is 4.74 Å². The topological polar surface area (TPSA) is 50.8 Å². The predicted molar refractivity (Wildman–Crippen MR) is 97.0 cm³/mol. The van der Waals surface area contributed by atoms with E-state index in [0.29, 0.717) is 6.61 Å². The highest BCUT2D eigenvalue weighted by molar-refractivity contribution is 6.77. The standard InChI is InChI=1S/C18H23N3OSi/c1-5-22-18(23(2,3)4)17-20-15-7-6-14(12-16(15)21-17)13-8-10-19-11-9-13/h6-12,18H,5H2,1-4H3,(H,20,21). The number of hydrogen-bond acceptors (Lipinski definition) is 3. The van der Waals surface area contributed by atoms with Crippen LogP contribution in [0.1, 0.15) is 18.5 Å². The number of aromatic amines is 1. The van der Waals surface area contributed by atoms with Crippen LogP contribution in [0.3, 0.4) is 0 Å². The molecule has 0 bridgehead atoms. The second-order valence-electron chi connectivity index (χ2n) is 6.79. The molecule has 23 heavy (non-hydrogen) atoms. The van der Waals surface area contributed by atoms with Crippen molar-refractivity contribution in [3.63, 3.8) is 0 Å². The Labute approximate surface area is 138 Å². The first-order valence-corrected chi connectivity index (χ1v) is 11.6. The van der Waals surface area contributed by atoms with E-state index < -0.39 is 8.07 Å². The first kappa shape index (κ1) is 15.9. The molecule has 1 unspecified atom stereocenters. The summed E-state index contributed by atoms with van der Waals surface area (Å²) < 4.78 is 6.00. The zero-order valence-electron chi connectivity index (χ0n) is 14.1. The number of nitrogens with zero attached hydrogens (tertiary/aromatic N) is 2. The van der Waals surface area contributed by atoms with Gasteiger partial charge in [0.25, 0.3) is 0 Å². The maximum absolute atomic E-state index is 6.00. The fourth-order valence-corrected chi connectivity index (χ4v) is 4.41. The van der Waals surface area contributed by atoms with E-state index in [1.165, 1.54) is 0 Å². The van der Waals surface area contributed by atoms with Gasteiger partial charge in [0.2, 0.25) is 0 Å². The summed E-state index contributed by atoms with van der Waals surface area (Å²) in [6.07, 6.45) is 3.63. The van der Waals surface area contributed by atoms with E-state index in [1.807, 2.05) is 31.5 Å². The third-order valence-electron chi connectivity index (χ3n) is 3.88. The highest BCUT2D eigenvalue weighted by Crippen LogP contribution is 2.29. The molecule has 0 saturated carbocycles. The van der Waals surface area contributed by atoms with Gasteiger partial charge in [0.05, 0.1) is 19.1 Å². The van der Waals surface area contributed by atoms with Crippen molar-refractivity contribution in [1.82, 2.24) is 15.0 Å². The Kier molecular flexibility index (Phi) is 4.32. The molecule has 1 N–H and O–H groups in total. The van der Waals surface area contributed by atoms with Crippen molar-refractivity contribution in [2.75, 3.05) is 6.61 Å². The lowest BCUT2D eigenvalue weighted by atomic mass is 10.1. The fourth-order valence-electron chi connectivity index (χ4n) is 2.78. The zero-order chi connectivity index (χ0) is 16.4. The Morgan fingerprint density at radius 1 is 1.09 bits per heavy atom. The number of ether oxygens (including phenoxy) is 1. The second kappa shape index (κ2) is 6.26. The average Bonchev–Trinajstić information content (AvgIpc) is 2.94. The number of fused-ring (bicyclic) bond motifs is 1. The van der Waals surface area contributed by atoms with Crippen LogP contribution in [0.5, 0.6) is 0 Å². The Morgan fingerprint density at radius 3 is 2.48 bits per heavy atom. The van der Waals surface area contributed by atoms with Gasteiger partial charge in [0, 0.05) is 19.0 Å². The summed E-state index contributed by atoms with van der Waals surface area (Å²) >= 11 is 0. The minimum absolute atomic E-state index is 0.0873. The maximum Gasteiger partial charge on any atom is 0.133 e. The van der Waals surface area contributed by atoms with Crippen molar-refractivity contribution >= 4 is 19.1 Å². The molecule has 0 aliphatic rings. The van der Waals surface area contributed by atoms with Gasteiger partial charge >= 0.3 is 0 Å². The Morgan fingerprint density at radius 2 is 1.83 bits per heavy atom. The smallest absolute Gasteiger partial charge is 0.133 e. The van der Waals surface area contributed by atoms with Crippen LogP contribution in [0.4, 0.5) is 0 Å². The number of nitrogens with one attached hydrogen (secondary N) is 1. The van der Waals surface area contributed by atoms with Gasteiger partial charge in [-0.25, -0.2) is 4.98 Å². The van der Waals surface area contributed by atoms with E-state index in [2.05, 4.69) is 47.8 Å². The molecule has 2 heterocycles. The molecule has 4 nitrogen and oxygen atoms in total. The summed E-state index contributed by atoms with van der Waals surface area (Å²) in [6.45, 7) is 9.67. The Bertz CT molecular complexity index is 793. The quantitative estimate of drug-likeness (QED) is 0.699. The van der Waals surface area contributed by atoms with Gasteiger partial charge in [-0.3, -0.25) is 4.98 Å². The number of benzene rings is 1. The molecular formula is C18H23N3OSi. The maximum atomic E-state index is 6.00. The molecule has 0 saturated heterocycles. The van der Waals surface area contributed by atoms with Crippen molar-refractivity contribution in [1.29, 1.82) is 0 Å². The second-order valence-corrected chi connectivity index (χ2v) is 12.0. The number of hydrogen-bond donors (Lipinski definition) is 1. The zero-order valence-corrected chi connectivity index (χ0v) is 15.1. The van der Waals surface area contributed by atoms with Crippen molar-refractivity contribution in [3.8, 4) is 11.1 Å². The average molecular weight is 325 g/mol. The molecule has 2 aromatic heterocycles. The fraction of sp³-hybridized carbons (Fsp3) is 0.333. The molecule has 0 radical (unpaired) electrons. The van der Waals surface area contributed by atoms with Gasteiger partial charge in [0.15, 0.2) is 0 Å². The number of pyridine rings is 1. The predicted octanol–water partition coefficient (Wildman–Crippen LogP) is 4.58. The largest absolute Gasteiger partial charge is 0.374 e. The third-order valence-corrected chi connectivity index (χ3v) is 5.90. The van der Waals surface area contributed by atoms with Crippen LogP contribution >= 0.6 is 0 Å². The lowest BCUT2D eigenvalue weighted by Gasteiger charge is -2.26. The van der Waals surface area contributed by atoms with Gasteiger partial charge in [-0.05, 0) is 42.3 Å². The summed E-state index contributed by atoms with van der Waals surface area (Å²) in [6, 6.07) is 10.4. The first-order valence-electron chi connectivity index (χ1n) is 8.00. The summed E-state index contributed by atoms with van der Waals surface area (Å²) in [5.41, 5.74) is 4.45. The monoisotopic (exact) mass is 325 g/mol. The van der Waals surface area contributed by atoms with Gasteiger partial charge in [0.1, 0.15) is 11.6 Å². The number of aromatic nitrogens is 3. The van der Waals surface area contributed by atoms with Gasteiger partial charge < -0.3 is 9.72 Å². The lowest BCUT2D eigenvalue weighted by Crippen LogP contribution is -2.33. The summed E-state index contributed by atoms with van der Waals surface area (Å²) in [5, 5.41) is 0. The van der Waals surface area contributed by atoms with Crippen molar-refractivity contribution in [2.45, 2.75) is 32.3 Å². The summed E-state index contributed by atoms with van der Waals surface area (Å²) in [5.74, 6) is 0.952. The number of rotatable bonds is 5. The Hall–Kier alpha value is -1.98. The van der Waals surface area contributed by atoms with Crippen LogP contribution in [0.25, 0.3) is 22.2 Å². The van der Waals surface area contributed by atoms with Crippen LogP contribution < -0.4 is 0 Å². The van der Waals surface area contributed by atoms with Crippen molar-refractivity contribution < 1.29 is 4.74 Å². The number of imidazole rings is 1. The van der Waals surface area contributed by atoms with E-state index in [4.69, 9.17) is 9.72 Å². The summed E-state index contributed by atoms with van der Waals surface area (Å²) in [4.78, 5) is 12.3. The normalized spacial score (nSPS) is 13.4. The molecule has 1 aromatic carbocycles. The van der Waals surface area contributed by atoms with Gasteiger partial charge in [-0.15, -0.1) is 0 Å². The van der Waals surface area contributed by atoms with E-state index in [-0.39, 0.29) is 5.73 Å². The molecule has 5 heteroatoms. The molecular weight excluding hydrogens is 302 g/mol. The minimum atomic E-state index is -1.51.